The van der Waals surface area contributed by atoms with Crippen LogP contribution >= 0.6 is 0 Å². The first kappa shape index (κ1) is 17.2. The number of nitrogens with zero attached hydrogens (tertiary/aromatic N) is 2. The van der Waals surface area contributed by atoms with Crippen LogP contribution < -0.4 is 5.32 Å². The lowest BCUT2D eigenvalue weighted by Gasteiger charge is -2.46. The van der Waals surface area contributed by atoms with Gasteiger partial charge in [0, 0.05) is 25.2 Å². The summed E-state index contributed by atoms with van der Waals surface area (Å²) in [4.78, 5) is 5.14. The minimum absolute atomic E-state index is 0.448. The van der Waals surface area contributed by atoms with E-state index in [1.807, 2.05) is 0 Å². The second-order valence-corrected chi connectivity index (χ2v) is 8.17. The van der Waals surface area contributed by atoms with E-state index in [0.29, 0.717) is 11.5 Å². The molecule has 1 heterocycles. The summed E-state index contributed by atoms with van der Waals surface area (Å²) in [5.41, 5.74) is 0.448. The standard InChI is InChI=1S/C18H37N3/c1-6-19-17-15(9-7-11-18(17,2)3)13-20(4)14-16-10-8-12-21(16)5/h15-17,19H,6-14H2,1-5H3. The molecule has 0 aromatic carbocycles. The first-order valence-electron chi connectivity index (χ1n) is 9.06. The second-order valence-electron chi connectivity index (χ2n) is 8.17. The summed E-state index contributed by atoms with van der Waals surface area (Å²) in [6.07, 6.45) is 6.93. The van der Waals surface area contributed by atoms with Crippen molar-refractivity contribution in [3.8, 4) is 0 Å². The molecule has 0 aromatic heterocycles. The Morgan fingerprint density at radius 2 is 1.95 bits per heavy atom. The van der Waals surface area contributed by atoms with Gasteiger partial charge >= 0.3 is 0 Å². The van der Waals surface area contributed by atoms with E-state index in [-0.39, 0.29) is 0 Å². The molecule has 2 rings (SSSR count). The van der Waals surface area contributed by atoms with Gasteiger partial charge in [-0.1, -0.05) is 27.2 Å². The number of hydrogen-bond donors (Lipinski definition) is 1. The molecule has 21 heavy (non-hydrogen) atoms. The summed E-state index contributed by atoms with van der Waals surface area (Å²) in [6.45, 7) is 12.0. The molecular formula is C18H37N3. The maximum atomic E-state index is 3.80. The normalized spacial score (nSPS) is 33.7. The van der Waals surface area contributed by atoms with Crippen LogP contribution in [0.3, 0.4) is 0 Å². The molecule has 0 bridgehead atoms. The zero-order valence-corrected chi connectivity index (χ0v) is 15.0. The average Bonchev–Trinajstić information content (AvgIpc) is 2.79. The molecule has 2 fully saturated rings. The van der Waals surface area contributed by atoms with Crippen LogP contribution in [-0.2, 0) is 0 Å². The van der Waals surface area contributed by atoms with E-state index in [4.69, 9.17) is 0 Å². The number of likely N-dealkylation sites (tertiary alicyclic amines) is 1. The fourth-order valence-electron chi connectivity index (χ4n) is 4.68. The molecule has 1 aliphatic heterocycles. The van der Waals surface area contributed by atoms with Crippen molar-refractivity contribution in [1.29, 1.82) is 0 Å². The molecule has 3 heteroatoms. The maximum absolute atomic E-state index is 3.80. The van der Waals surface area contributed by atoms with Crippen LogP contribution in [0.25, 0.3) is 0 Å². The Bertz CT molecular complexity index is 316. The van der Waals surface area contributed by atoms with Crippen molar-refractivity contribution in [3.63, 3.8) is 0 Å². The molecule has 0 spiro atoms. The van der Waals surface area contributed by atoms with Crippen molar-refractivity contribution in [1.82, 2.24) is 15.1 Å². The van der Waals surface area contributed by atoms with Gasteiger partial charge in [-0.2, -0.15) is 0 Å². The Labute approximate surface area is 132 Å². The highest BCUT2D eigenvalue weighted by molar-refractivity contribution is 4.94. The molecule has 3 nitrogen and oxygen atoms in total. The van der Waals surface area contributed by atoms with Crippen LogP contribution in [0.2, 0.25) is 0 Å². The summed E-state index contributed by atoms with van der Waals surface area (Å²) in [7, 11) is 4.62. The lowest BCUT2D eigenvalue weighted by Crippen LogP contribution is -2.53. The van der Waals surface area contributed by atoms with E-state index < -0.39 is 0 Å². The van der Waals surface area contributed by atoms with E-state index in [2.05, 4.69) is 50.0 Å². The SMILES string of the molecule is CCNC1C(CN(C)CC2CCCN2C)CCCC1(C)C. The van der Waals surface area contributed by atoms with Crippen LogP contribution in [0, 0.1) is 11.3 Å². The fourth-order valence-corrected chi connectivity index (χ4v) is 4.68. The van der Waals surface area contributed by atoms with Gasteiger partial charge in [-0.15, -0.1) is 0 Å². The zero-order chi connectivity index (χ0) is 15.5. The van der Waals surface area contributed by atoms with Crippen LogP contribution in [0.1, 0.15) is 52.9 Å². The van der Waals surface area contributed by atoms with Gasteiger partial charge < -0.3 is 15.1 Å². The highest BCUT2D eigenvalue weighted by Gasteiger charge is 2.38. The Morgan fingerprint density at radius 3 is 2.57 bits per heavy atom. The Kier molecular flexibility index (Phi) is 6.10. The van der Waals surface area contributed by atoms with E-state index in [1.54, 1.807) is 0 Å². The van der Waals surface area contributed by atoms with Gasteiger partial charge in [0.1, 0.15) is 0 Å². The number of rotatable bonds is 6. The van der Waals surface area contributed by atoms with Crippen molar-refractivity contribution >= 4 is 0 Å². The second kappa shape index (κ2) is 7.43. The van der Waals surface area contributed by atoms with Crippen molar-refractivity contribution in [2.24, 2.45) is 11.3 Å². The van der Waals surface area contributed by atoms with E-state index >= 15 is 0 Å². The lowest BCUT2D eigenvalue weighted by molar-refractivity contribution is 0.0806. The number of nitrogens with one attached hydrogen (secondary N) is 1. The van der Waals surface area contributed by atoms with Crippen molar-refractivity contribution in [3.05, 3.63) is 0 Å². The highest BCUT2D eigenvalue weighted by Crippen LogP contribution is 2.39. The molecule has 1 N–H and O–H groups in total. The number of hydrogen-bond acceptors (Lipinski definition) is 3. The van der Waals surface area contributed by atoms with Crippen molar-refractivity contribution in [2.75, 3.05) is 40.3 Å². The van der Waals surface area contributed by atoms with E-state index in [0.717, 1.165) is 18.5 Å². The van der Waals surface area contributed by atoms with E-state index in [1.165, 1.54) is 51.7 Å². The van der Waals surface area contributed by atoms with Crippen LogP contribution in [0.4, 0.5) is 0 Å². The molecule has 0 amide bonds. The molecule has 0 aromatic rings. The fraction of sp³-hybridized carbons (Fsp3) is 1.00. The van der Waals surface area contributed by atoms with Gasteiger partial charge in [0.25, 0.3) is 0 Å². The van der Waals surface area contributed by atoms with Gasteiger partial charge in [0.05, 0.1) is 0 Å². The van der Waals surface area contributed by atoms with Crippen molar-refractivity contribution < 1.29 is 0 Å². The third kappa shape index (κ3) is 4.43. The topological polar surface area (TPSA) is 18.5 Å². The van der Waals surface area contributed by atoms with Crippen LogP contribution in [-0.4, -0.2) is 62.2 Å². The summed E-state index contributed by atoms with van der Waals surface area (Å²) < 4.78 is 0. The van der Waals surface area contributed by atoms with Crippen molar-refractivity contribution in [2.45, 2.75) is 65.0 Å². The Balaban J connectivity index is 1.89. The largest absolute Gasteiger partial charge is 0.313 e. The Hall–Kier alpha value is -0.120. The third-order valence-corrected chi connectivity index (χ3v) is 5.87. The van der Waals surface area contributed by atoms with Crippen LogP contribution in [0.5, 0.6) is 0 Å². The minimum Gasteiger partial charge on any atom is -0.313 e. The summed E-state index contributed by atoms with van der Waals surface area (Å²) in [5.74, 6) is 0.811. The first-order valence-corrected chi connectivity index (χ1v) is 9.06. The Morgan fingerprint density at radius 1 is 1.19 bits per heavy atom. The van der Waals surface area contributed by atoms with E-state index in [9.17, 15) is 0 Å². The zero-order valence-electron chi connectivity index (χ0n) is 15.0. The van der Waals surface area contributed by atoms with Gasteiger partial charge in [0.15, 0.2) is 0 Å². The van der Waals surface area contributed by atoms with Crippen LogP contribution in [0.15, 0.2) is 0 Å². The van der Waals surface area contributed by atoms with Gasteiger partial charge in [-0.3, -0.25) is 0 Å². The predicted octanol–water partition coefficient (Wildman–Crippen LogP) is 2.82. The molecule has 3 unspecified atom stereocenters. The molecule has 2 aliphatic rings. The first-order chi connectivity index (χ1) is 9.94. The average molecular weight is 296 g/mol. The summed E-state index contributed by atoms with van der Waals surface area (Å²) in [6, 6.07) is 1.46. The third-order valence-electron chi connectivity index (χ3n) is 5.87. The molecule has 1 saturated carbocycles. The smallest absolute Gasteiger partial charge is 0.0220 e. The highest BCUT2D eigenvalue weighted by atomic mass is 15.2. The molecule has 1 saturated heterocycles. The quantitative estimate of drug-likeness (QED) is 0.813. The van der Waals surface area contributed by atoms with Gasteiger partial charge in [-0.25, -0.2) is 0 Å². The molecule has 1 aliphatic carbocycles. The molecule has 3 atom stereocenters. The molecular weight excluding hydrogens is 258 g/mol. The van der Waals surface area contributed by atoms with Gasteiger partial charge in [-0.05, 0) is 64.2 Å². The predicted molar refractivity (Wildman–Crippen MR) is 91.7 cm³/mol. The monoisotopic (exact) mass is 295 g/mol. The van der Waals surface area contributed by atoms with Gasteiger partial charge in [0.2, 0.25) is 0 Å². The lowest BCUT2D eigenvalue weighted by atomic mass is 9.67. The summed E-state index contributed by atoms with van der Waals surface area (Å²) >= 11 is 0. The maximum Gasteiger partial charge on any atom is 0.0220 e. The minimum atomic E-state index is 0.448. The summed E-state index contributed by atoms with van der Waals surface area (Å²) in [5, 5.41) is 3.80. The molecule has 0 radical (unpaired) electrons. The number of likely N-dealkylation sites (N-methyl/N-ethyl adjacent to an activating group) is 2. The molecule has 124 valence electrons.